The molecule has 0 saturated carbocycles. The Morgan fingerprint density at radius 1 is 1.45 bits per heavy atom. The largest absolute Gasteiger partial charge is 0.397 e. The summed E-state index contributed by atoms with van der Waals surface area (Å²) in [6.45, 7) is 4.31. The number of hydrogen-bond donors (Lipinski definition) is 2. The second-order valence-corrected chi connectivity index (χ2v) is 2.71. The van der Waals surface area contributed by atoms with Crippen LogP contribution in [0.1, 0.15) is 20.3 Å². The Morgan fingerprint density at radius 3 is 1.82 bits per heavy atom. The van der Waals surface area contributed by atoms with E-state index in [-0.39, 0.29) is 6.61 Å². The first-order chi connectivity index (χ1) is 4.97. The van der Waals surface area contributed by atoms with Gasteiger partial charge in [-0.2, -0.15) is 8.42 Å². The molecule has 0 radical (unpaired) electrons. The zero-order valence-corrected chi connectivity index (χ0v) is 7.60. The minimum absolute atomic E-state index is 0.0289. The average Bonchev–Trinajstić information content (AvgIpc) is 1.86. The van der Waals surface area contributed by atoms with Crippen LogP contribution in [0, 0.1) is 0 Å². The monoisotopic (exact) mass is 185 g/mol. The molecule has 6 heteroatoms. The van der Waals surface area contributed by atoms with Gasteiger partial charge in [0.1, 0.15) is 0 Å². The molecule has 11 heavy (non-hydrogen) atoms. The molecule has 5 nitrogen and oxygen atoms in total. The predicted molar refractivity (Wildman–Crippen MR) is 42.5 cm³/mol. The van der Waals surface area contributed by atoms with Gasteiger partial charge in [-0.05, 0) is 19.9 Å². The molecule has 0 aliphatic rings. The first-order valence-electron chi connectivity index (χ1n) is 3.29. The standard InChI is InChI=1S/C3H9N.C2H6O4S/c1-2-3-4;1-2-6-7(3,4)5/h2-4H2,1H3;2H2,1H3,(H,3,4,5). The summed E-state index contributed by atoms with van der Waals surface area (Å²) >= 11 is 0. The van der Waals surface area contributed by atoms with Crippen LogP contribution in [-0.2, 0) is 14.6 Å². The van der Waals surface area contributed by atoms with Crippen LogP contribution in [0.5, 0.6) is 0 Å². The van der Waals surface area contributed by atoms with Crippen LogP contribution in [-0.4, -0.2) is 26.1 Å². The van der Waals surface area contributed by atoms with E-state index in [9.17, 15) is 8.42 Å². The molecule has 0 spiro atoms. The molecule has 0 fully saturated rings. The highest BCUT2D eigenvalue weighted by Gasteiger charge is 1.98. The fraction of sp³-hybridized carbons (Fsp3) is 1.00. The van der Waals surface area contributed by atoms with Crippen LogP contribution >= 0.6 is 0 Å². The third-order valence-electron chi connectivity index (χ3n) is 0.555. The Kier molecular flexibility index (Phi) is 9.68. The summed E-state index contributed by atoms with van der Waals surface area (Å²) in [7, 11) is -4.17. The first kappa shape index (κ1) is 13.4. The van der Waals surface area contributed by atoms with Crippen molar-refractivity contribution in [2.45, 2.75) is 20.3 Å². The van der Waals surface area contributed by atoms with E-state index in [0.717, 1.165) is 13.0 Å². The molecule has 0 aromatic carbocycles. The van der Waals surface area contributed by atoms with E-state index in [0.29, 0.717) is 0 Å². The molecule has 3 N–H and O–H groups in total. The third-order valence-corrected chi connectivity index (χ3v) is 1.09. The summed E-state index contributed by atoms with van der Waals surface area (Å²) < 4.78 is 30.7. The van der Waals surface area contributed by atoms with Gasteiger partial charge < -0.3 is 5.73 Å². The van der Waals surface area contributed by atoms with Crippen LogP contribution in [0.25, 0.3) is 0 Å². The summed E-state index contributed by atoms with van der Waals surface area (Å²) in [6, 6.07) is 0. The first-order valence-corrected chi connectivity index (χ1v) is 4.66. The molecule has 0 aliphatic heterocycles. The normalized spacial score (nSPS) is 10.2. The van der Waals surface area contributed by atoms with Gasteiger partial charge in [0.05, 0.1) is 6.61 Å². The maximum absolute atomic E-state index is 9.56. The van der Waals surface area contributed by atoms with Gasteiger partial charge >= 0.3 is 10.4 Å². The smallest absolute Gasteiger partial charge is 0.330 e. The molecule has 0 aromatic rings. The van der Waals surface area contributed by atoms with Gasteiger partial charge in [0.25, 0.3) is 0 Å². The van der Waals surface area contributed by atoms with Crippen molar-refractivity contribution < 1.29 is 17.2 Å². The zero-order chi connectivity index (χ0) is 9.33. The van der Waals surface area contributed by atoms with Crippen LogP contribution < -0.4 is 5.73 Å². The summed E-state index contributed by atoms with van der Waals surface area (Å²) in [5.74, 6) is 0. The molecule has 0 aliphatic carbocycles. The molecule has 0 saturated heterocycles. The Morgan fingerprint density at radius 2 is 1.82 bits per heavy atom. The zero-order valence-electron chi connectivity index (χ0n) is 6.78. The molecule has 70 valence electrons. The predicted octanol–water partition coefficient (Wildman–Crippen LogP) is 0.181. The highest BCUT2D eigenvalue weighted by atomic mass is 32.3. The van der Waals surface area contributed by atoms with E-state index >= 15 is 0 Å². The van der Waals surface area contributed by atoms with Gasteiger partial charge in [-0.3, -0.25) is 4.55 Å². The second kappa shape index (κ2) is 7.93. The van der Waals surface area contributed by atoms with Crippen molar-refractivity contribution in [2.75, 3.05) is 13.2 Å². The number of hydrogen-bond acceptors (Lipinski definition) is 4. The summed E-state index contributed by atoms with van der Waals surface area (Å²) in [6.07, 6.45) is 1.10. The Hall–Kier alpha value is -0.170. The second-order valence-electron chi connectivity index (χ2n) is 1.62. The lowest BCUT2D eigenvalue weighted by molar-refractivity contribution is 0.283. The van der Waals surface area contributed by atoms with Crippen LogP contribution in [0.3, 0.4) is 0 Å². The summed E-state index contributed by atoms with van der Waals surface area (Å²) in [5, 5.41) is 0. The van der Waals surface area contributed by atoms with E-state index in [4.69, 9.17) is 10.3 Å². The van der Waals surface area contributed by atoms with E-state index in [1.54, 1.807) is 0 Å². The van der Waals surface area contributed by atoms with E-state index in [1.165, 1.54) is 6.92 Å². The highest BCUT2D eigenvalue weighted by molar-refractivity contribution is 7.80. The van der Waals surface area contributed by atoms with Crippen LogP contribution in [0.15, 0.2) is 0 Å². The van der Waals surface area contributed by atoms with Gasteiger partial charge in [-0.15, -0.1) is 0 Å². The van der Waals surface area contributed by atoms with Crippen molar-refractivity contribution in [1.82, 2.24) is 0 Å². The minimum atomic E-state index is -4.17. The molecule has 0 heterocycles. The molecular formula is C5H15NO4S. The number of nitrogens with two attached hydrogens (primary N) is 1. The maximum Gasteiger partial charge on any atom is 0.397 e. The highest BCUT2D eigenvalue weighted by Crippen LogP contribution is 1.81. The Bertz CT molecular complexity index is 152. The molecule has 0 amide bonds. The van der Waals surface area contributed by atoms with Crippen molar-refractivity contribution in [2.24, 2.45) is 5.73 Å². The lowest BCUT2D eigenvalue weighted by Gasteiger charge is -1.88. The van der Waals surface area contributed by atoms with Crippen molar-refractivity contribution in [1.29, 1.82) is 0 Å². The molecule has 0 unspecified atom stereocenters. The quantitative estimate of drug-likeness (QED) is 0.612. The number of rotatable bonds is 3. The van der Waals surface area contributed by atoms with Crippen LogP contribution in [0.2, 0.25) is 0 Å². The fourth-order valence-electron chi connectivity index (χ4n) is 0.149. The Labute approximate surface area is 67.5 Å². The molecule has 0 bridgehead atoms. The molecule has 0 rings (SSSR count). The molecule has 0 atom stereocenters. The topological polar surface area (TPSA) is 89.6 Å². The van der Waals surface area contributed by atoms with Gasteiger partial charge in [0, 0.05) is 0 Å². The fourth-order valence-corrected chi connectivity index (χ4v) is 0.447. The SMILES string of the molecule is CCCN.CCOS(=O)(=O)O. The van der Waals surface area contributed by atoms with E-state index in [1.807, 2.05) is 0 Å². The third kappa shape index (κ3) is 25.8. The van der Waals surface area contributed by atoms with Gasteiger partial charge in [0.2, 0.25) is 0 Å². The summed E-state index contributed by atoms with van der Waals surface area (Å²) in [5.41, 5.74) is 5.03. The van der Waals surface area contributed by atoms with E-state index in [2.05, 4.69) is 11.1 Å². The molecular weight excluding hydrogens is 170 g/mol. The van der Waals surface area contributed by atoms with Crippen molar-refractivity contribution in [3.8, 4) is 0 Å². The van der Waals surface area contributed by atoms with E-state index < -0.39 is 10.4 Å². The minimum Gasteiger partial charge on any atom is -0.330 e. The van der Waals surface area contributed by atoms with Gasteiger partial charge in [-0.1, -0.05) is 6.92 Å². The van der Waals surface area contributed by atoms with Crippen LogP contribution in [0.4, 0.5) is 0 Å². The maximum atomic E-state index is 9.56. The lowest BCUT2D eigenvalue weighted by Crippen LogP contribution is -2.01. The van der Waals surface area contributed by atoms with Gasteiger partial charge in [-0.25, -0.2) is 4.18 Å². The molecule has 0 aromatic heterocycles. The van der Waals surface area contributed by atoms with Crippen molar-refractivity contribution >= 4 is 10.4 Å². The average molecular weight is 185 g/mol. The van der Waals surface area contributed by atoms with Crippen molar-refractivity contribution in [3.05, 3.63) is 0 Å². The van der Waals surface area contributed by atoms with Crippen molar-refractivity contribution in [3.63, 3.8) is 0 Å². The lowest BCUT2D eigenvalue weighted by atomic mass is 10.5. The van der Waals surface area contributed by atoms with Gasteiger partial charge in [0.15, 0.2) is 0 Å². The Balaban J connectivity index is 0. The summed E-state index contributed by atoms with van der Waals surface area (Å²) in [4.78, 5) is 0.